The molecule has 0 saturated carbocycles. The molecule has 0 fully saturated rings. The van der Waals surface area contributed by atoms with Gasteiger partial charge in [-0.25, -0.2) is 4.98 Å². The Kier molecular flexibility index (Phi) is 5.65. The van der Waals surface area contributed by atoms with Crippen molar-refractivity contribution in [3.05, 3.63) is 94.5 Å². The van der Waals surface area contributed by atoms with E-state index in [-0.39, 0.29) is 11.8 Å². The first kappa shape index (κ1) is 20.9. The Bertz CT molecular complexity index is 1440. The summed E-state index contributed by atoms with van der Waals surface area (Å²) in [4.78, 5) is 32.4. The van der Waals surface area contributed by atoms with Gasteiger partial charge in [-0.3, -0.25) is 9.59 Å². The minimum absolute atomic E-state index is 0.188. The highest BCUT2D eigenvalue weighted by atomic mass is 32.2. The molecule has 2 heterocycles. The molecule has 0 saturated heterocycles. The van der Waals surface area contributed by atoms with Crippen molar-refractivity contribution >= 4 is 40.6 Å². The van der Waals surface area contributed by atoms with E-state index in [4.69, 9.17) is 5.26 Å². The number of rotatable bonds is 4. The maximum Gasteiger partial charge on any atom is 0.256 e. The maximum absolute atomic E-state index is 12.8. The van der Waals surface area contributed by atoms with Gasteiger partial charge in [0.1, 0.15) is 5.01 Å². The smallest absolute Gasteiger partial charge is 0.256 e. The number of hydrogen-bond acceptors (Lipinski definition) is 6. The molecule has 0 radical (unpaired) electrons. The SMILES string of the molecule is N#Cc1cccc(-c2ncc(CNC(=O)c3ccc4c(c3)NC(=O)c3ccccc3S4)s2)c1. The van der Waals surface area contributed by atoms with Crippen LogP contribution >= 0.6 is 23.1 Å². The first-order valence-electron chi connectivity index (χ1n) is 10.1. The van der Waals surface area contributed by atoms with Crippen molar-refractivity contribution in [3.8, 4) is 16.6 Å². The molecule has 33 heavy (non-hydrogen) atoms. The van der Waals surface area contributed by atoms with Crippen LogP contribution in [-0.2, 0) is 6.54 Å². The molecule has 4 aromatic rings. The molecular weight excluding hydrogens is 452 g/mol. The minimum atomic E-state index is -0.236. The quantitative estimate of drug-likeness (QED) is 0.422. The summed E-state index contributed by atoms with van der Waals surface area (Å²) in [6.45, 7) is 0.331. The summed E-state index contributed by atoms with van der Waals surface area (Å²) in [5.41, 5.74) is 3.15. The molecule has 1 aliphatic rings. The number of aromatic nitrogens is 1. The number of fused-ring (bicyclic) bond motifs is 2. The second-order valence-corrected chi connectivity index (χ2v) is 9.47. The summed E-state index contributed by atoms with van der Waals surface area (Å²) in [6, 6.07) is 22.1. The van der Waals surface area contributed by atoms with Crippen LogP contribution in [0.25, 0.3) is 10.6 Å². The third kappa shape index (κ3) is 4.37. The molecule has 2 amide bonds. The van der Waals surface area contributed by atoms with E-state index in [9.17, 15) is 9.59 Å². The van der Waals surface area contributed by atoms with Crippen LogP contribution in [0, 0.1) is 11.3 Å². The van der Waals surface area contributed by atoms with Gasteiger partial charge in [0.2, 0.25) is 0 Å². The lowest BCUT2D eigenvalue weighted by atomic mass is 10.1. The van der Waals surface area contributed by atoms with E-state index < -0.39 is 0 Å². The number of hydrogen-bond donors (Lipinski definition) is 2. The Morgan fingerprint density at radius 1 is 1.06 bits per heavy atom. The van der Waals surface area contributed by atoms with Gasteiger partial charge in [-0.15, -0.1) is 11.3 Å². The number of nitriles is 1. The summed E-state index contributed by atoms with van der Waals surface area (Å²) in [5, 5.41) is 15.7. The van der Waals surface area contributed by atoms with Crippen molar-refractivity contribution in [2.45, 2.75) is 16.3 Å². The number of amides is 2. The molecule has 8 heteroatoms. The second kappa shape index (κ2) is 8.90. The van der Waals surface area contributed by atoms with Crippen molar-refractivity contribution in [3.63, 3.8) is 0 Å². The fourth-order valence-corrected chi connectivity index (χ4v) is 5.28. The van der Waals surface area contributed by atoms with Crippen LogP contribution in [0.5, 0.6) is 0 Å². The van der Waals surface area contributed by atoms with E-state index in [2.05, 4.69) is 21.7 Å². The van der Waals surface area contributed by atoms with E-state index in [0.717, 1.165) is 25.2 Å². The van der Waals surface area contributed by atoms with E-state index in [0.29, 0.717) is 28.9 Å². The van der Waals surface area contributed by atoms with Crippen LogP contribution in [0.2, 0.25) is 0 Å². The second-order valence-electron chi connectivity index (χ2n) is 7.27. The average Bonchev–Trinajstić information content (AvgIpc) is 3.27. The summed E-state index contributed by atoms with van der Waals surface area (Å²) in [6.07, 6.45) is 1.73. The predicted molar refractivity (Wildman–Crippen MR) is 128 cm³/mol. The van der Waals surface area contributed by atoms with Gasteiger partial charge in [0.15, 0.2) is 0 Å². The van der Waals surface area contributed by atoms with Crippen LogP contribution < -0.4 is 10.6 Å². The van der Waals surface area contributed by atoms with Crippen LogP contribution in [0.15, 0.2) is 82.7 Å². The van der Waals surface area contributed by atoms with Gasteiger partial charge >= 0.3 is 0 Å². The molecule has 1 aromatic heterocycles. The van der Waals surface area contributed by atoms with Crippen LogP contribution in [-0.4, -0.2) is 16.8 Å². The number of nitrogens with one attached hydrogen (secondary N) is 2. The Labute approximate surface area is 198 Å². The average molecular weight is 469 g/mol. The standard InChI is InChI=1S/C25H16N4O2S2/c26-12-15-4-3-5-17(10-15)25-28-14-18(32-25)13-27-23(30)16-8-9-22-20(11-16)29-24(31)19-6-1-2-7-21(19)33-22/h1-11,14H,13H2,(H,27,30)(H,29,31). The number of thiazole rings is 1. The zero-order valence-corrected chi connectivity index (χ0v) is 18.8. The first-order valence-corrected chi connectivity index (χ1v) is 11.7. The van der Waals surface area contributed by atoms with Crippen molar-refractivity contribution in [2.75, 3.05) is 5.32 Å². The van der Waals surface area contributed by atoms with Crippen LogP contribution in [0.3, 0.4) is 0 Å². The van der Waals surface area contributed by atoms with Gasteiger partial charge in [0.05, 0.1) is 29.4 Å². The van der Waals surface area contributed by atoms with E-state index in [1.165, 1.54) is 23.1 Å². The number of benzene rings is 3. The van der Waals surface area contributed by atoms with Crippen LogP contribution in [0.4, 0.5) is 5.69 Å². The molecule has 0 bridgehead atoms. The molecule has 6 nitrogen and oxygen atoms in total. The Balaban J connectivity index is 1.29. The van der Waals surface area contributed by atoms with Crippen molar-refractivity contribution in [1.29, 1.82) is 5.26 Å². The number of nitrogens with zero attached hydrogens (tertiary/aromatic N) is 2. The van der Waals surface area contributed by atoms with E-state index in [1.807, 2.05) is 36.4 Å². The van der Waals surface area contributed by atoms with E-state index in [1.54, 1.807) is 36.5 Å². The highest BCUT2D eigenvalue weighted by Crippen LogP contribution is 2.39. The largest absolute Gasteiger partial charge is 0.347 e. The molecule has 160 valence electrons. The third-order valence-corrected chi connectivity index (χ3v) is 7.26. The summed E-state index contributed by atoms with van der Waals surface area (Å²) < 4.78 is 0. The highest BCUT2D eigenvalue weighted by molar-refractivity contribution is 7.99. The monoisotopic (exact) mass is 468 g/mol. The molecule has 0 unspecified atom stereocenters. The zero-order valence-electron chi connectivity index (χ0n) is 17.2. The Hall–Kier alpha value is -3.93. The molecule has 0 spiro atoms. The van der Waals surface area contributed by atoms with Gasteiger partial charge in [-0.1, -0.05) is 36.0 Å². The number of carbonyl (C=O) groups excluding carboxylic acids is 2. The fourth-order valence-electron chi connectivity index (χ4n) is 3.42. The summed E-state index contributed by atoms with van der Waals surface area (Å²) in [5.74, 6) is -0.424. The molecule has 0 aliphatic carbocycles. The topological polar surface area (TPSA) is 94.9 Å². The lowest BCUT2D eigenvalue weighted by Gasteiger charge is -2.09. The number of anilines is 1. The van der Waals surface area contributed by atoms with Gasteiger partial charge < -0.3 is 10.6 Å². The van der Waals surface area contributed by atoms with Crippen molar-refractivity contribution in [2.24, 2.45) is 0 Å². The van der Waals surface area contributed by atoms with Crippen molar-refractivity contribution in [1.82, 2.24) is 10.3 Å². The molecule has 3 aromatic carbocycles. The Morgan fingerprint density at radius 2 is 1.94 bits per heavy atom. The first-order chi connectivity index (χ1) is 16.1. The Morgan fingerprint density at radius 3 is 2.82 bits per heavy atom. The lowest BCUT2D eigenvalue weighted by molar-refractivity contribution is 0.0949. The summed E-state index contributed by atoms with van der Waals surface area (Å²) >= 11 is 2.96. The minimum Gasteiger partial charge on any atom is -0.347 e. The van der Waals surface area contributed by atoms with Gasteiger partial charge in [0, 0.05) is 32.0 Å². The van der Waals surface area contributed by atoms with Gasteiger partial charge in [-0.2, -0.15) is 5.26 Å². The maximum atomic E-state index is 12.8. The fraction of sp³-hybridized carbons (Fsp3) is 0.0400. The van der Waals surface area contributed by atoms with E-state index >= 15 is 0 Å². The van der Waals surface area contributed by atoms with Crippen molar-refractivity contribution < 1.29 is 9.59 Å². The van der Waals surface area contributed by atoms with Crippen LogP contribution in [0.1, 0.15) is 31.2 Å². The number of carbonyl (C=O) groups is 2. The van der Waals surface area contributed by atoms with Gasteiger partial charge in [0.25, 0.3) is 11.8 Å². The lowest BCUT2D eigenvalue weighted by Crippen LogP contribution is -2.22. The molecule has 5 rings (SSSR count). The third-order valence-electron chi connectivity index (χ3n) is 5.06. The molecule has 2 N–H and O–H groups in total. The molecule has 0 atom stereocenters. The summed E-state index contributed by atoms with van der Waals surface area (Å²) in [7, 11) is 0. The molecule has 1 aliphatic heterocycles. The van der Waals surface area contributed by atoms with Gasteiger partial charge in [-0.05, 0) is 42.5 Å². The highest BCUT2D eigenvalue weighted by Gasteiger charge is 2.20. The zero-order chi connectivity index (χ0) is 22.8. The predicted octanol–water partition coefficient (Wildman–Crippen LogP) is 5.33. The molecular formula is C25H16N4O2S2. The normalized spacial score (nSPS) is 12.0.